The van der Waals surface area contributed by atoms with Gasteiger partial charge < -0.3 is 5.73 Å². The lowest BCUT2D eigenvalue weighted by molar-refractivity contribution is -0.136. The van der Waals surface area contributed by atoms with Gasteiger partial charge in [-0.3, -0.25) is 9.80 Å². The Bertz CT molecular complexity index is 158. The van der Waals surface area contributed by atoms with E-state index >= 15 is 0 Å². The van der Waals surface area contributed by atoms with Crippen molar-refractivity contribution >= 4 is 5.91 Å². The third-order valence-corrected chi connectivity index (χ3v) is 1.81. The smallest absolute Gasteiger partial charge is 0.238 e. The van der Waals surface area contributed by atoms with E-state index in [-0.39, 0.29) is 11.9 Å². The maximum absolute atomic E-state index is 11.1. The molecule has 4 heteroatoms. The van der Waals surface area contributed by atoms with Gasteiger partial charge in [0.05, 0.1) is 6.54 Å². The van der Waals surface area contributed by atoms with Crippen molar-refractivity contribution in [1.29, 1.82) is 0 Å². The van der Waals surface area contributed by atoms with E-state index in [1.165, 1.54) is 0 Å². The fourth-order valence-corrected chi connectivity index (χ4v) is 1.21. The SMILES string of the molecule is CC(N)CN1C(=O)CCN1C. The highest BCUT2D eigenvalue weighted by molar-refractivity contribution is 5.77. The van der Waals surface area contributed by atoms with Crippen LogP contribution in [-0.2, 0) is 4.79 Å². The second kappa shape index (κ2) is 3.19. The molecule has 1 atom stereocenters. The zero-order valence-electron chi connectivity index (χ0n) is 7.08. The van der Waals surface area contributed by atoms with Crippen LogP contribution in [0.3, 0.4) is 0 Å². The van der Waals surface area contributed by atoms with Gasteiger partial charge in [0.25, 0.3) is 0 Å². The van der Waals surface area contributed by atoms with E-state index in [0.29, 0.717) is 13.0 Å². The first kappa shape index (κ1) is 8.49. The first-order valence-electron chi connectivity index (χ1n) is 3.88. The highest BCUT2D eigenvalue weighted by Crippen LogP contribution is 2.08. The Morgan fingerprint density at radius 1 is 1.73 bits per heavy atom. The van der Waals surface area contributed by atoms with Gasteiger partial charge in [0.15, 0.2) is 0 Å². The number of rotatable bonds is 2. The molecule has 11 heavy (non-hydrogen) atoms. The summed E-state index contributed by atoms with van der Waals surface area (Å²) in [6, 6.07) is 0.0551. The normalized spacial score (nSPS) is 22.8. The predicted molar refractivity (Wildman–Crippen MR) is 42.6 cm³/mol. The van der Waals surface area contributed by atoms with Gasteiger partial charge in [-0.05, 0) is 6.92 Å². The third-order valence-electron chi connectivity index (χ3n) is 1.81. The highest BCUT2D eigenvalue weighted by atomic mass is 16.2. The standard InChI is InChI=1S/C7H15N3O/c1-6(8)5-10-7(11)3-4-9(10)2/h6H,3-5,8H2,1-2H3. The van der Waals surface area contributed by atoms with Crippen molar-refractivity contribution in [3.8, 4) is 0 Å². The molecule has 1 rings (SSSR count). The summed E-state index contributed by atoms with van der Waals surface area (Å²) in [7, 11) is 1.91. The van der Waals surface area contributed by atoms with Gasteiger partial charge in [0.2, 0.25) is 5.91 Å². The van der Waals surface area contributed by atoms with Gasteiger partial charge in [-0.15, -0.1) is 0 Å². The number of nitrogens with zero attached hydrogens (tertiary/aromatic N) is 2. The van der Waals surface area contributed by atoms with Crippen LogP contribution < -0.4 is 5.73 Å². The molecule has 1 aliphatic rings. The fraction of sp³-hybridized carbons (Fsp3) is 0.857. The quantitative estimate of drug-likeness (QED) is 0.583. The topological polar surface area (TPSA) is 49.6 Å². The molecule has 1 unspecified atom stereocenters. The molecule has 1 aliphatic heterocycles. The molecule has 1 fully saturated rings. The van der Waals surface area contributed by atoms with Gasteiger partial charge in [0, 0.05) is 26.1 Å². The van der Waals surface area contributed by atoms with E-state index in [1.807, 2.05) is 19.0 Å². The number of hydrogen-bond donors (Lipinski definition) is 1. The van der Waals surface area contributed by atoms with Crippen molar-refractivity contribution in [3.05, 3.63) is 0 Å². The molecule has 0 radical (unpaired) electrons. The van der Waals surface area contributed by atoms with Crippen LogP contribution in [0.4, 0.5) is 0 Å². The second-order valence-corrected chi connectivity index (χ2v) is 3.08. The molecule has 2 N–H and O–H groups in total. The zero-order chi connectivity index (χ0) is 8.43. The minimum Gasteiger partial charge on any atom is -0.326 e. The summed E-state index contributed by atoms with van der Waals surface area (Å²) in [4.78, 5) is 11.1. The number of carbonyl (C=O) groups is 1. The molecular weight excluding hydrogens is 142 g/mol. The van der Waals surface area contributed by atoms with Crippen LogP contribution in [0.2, 0.25) is 0 Å². The monoisotopic (exact) mass is 157 g/mol. The Kier molecular flexibility index (Phi) is 2.46. The molecule has 0 aromatic rings. The maximum Gasteiger partial charge on any atom is 0.238 e. The van der Waals surface area contributed by atoms with Crippen LogP contribution >= 0.6 is 0 Å². The summed E-state index contributed by atoms with van der Waals surface area (Å²) < 4.78 is 0. The molecule has 0 aromatic carbocycles. The highest BCUT2D eigenvalue weighted by Gasteiger charge is 2.25. The van der Waals surface area contributed by atoms with Crippen molar-refractivity contribution < 1.29 is 4.79 Å². The minimum absolute atomic E-state index is 0.0551. The minimum atomic E-state index is 0.0551. The second-order valence-electron chi connectivity index (χ2n) is 3.08. The lowest BCUT2D eigenvalue weighted by atomic mass is 10.3. The summed E-state index contributed by atoms with van der Waals surface area (Å²) in [6.07, 6.45) is 0.628. The van der Waals surface area contributed by atoms with Crippen molar-refractivity contribution in [1.82, 2.24) is 10.0 Å². The van der Waals surface area contributed by atoms with Gasteiger partial charge >= 0.3 is 0 Å². The molecule has 1 heterocycles. The Labute approximate surface area is 66.9 Å². The lowest BCUT2D eigenvalue weighted by Crippen LogP contribution is -2.43. The molecule has 64 valence electrons. The van der Waals surface area contributed by atoms with Crippen molar-refractivity contribution in [3.63, 3.8) is 0 Å². The van der Waals surface area contributed by atoms with E-state index in [0.717, 1.165) is 6.54 Å². The van der Waals surface area contributed by atoms with Crippen LogP contribution in [0.25, 0.3) is 0 Å². The molecule has 0 aliphatic carbocycles. The molecular formula is C7H15N3O. The van der Waals surface area contributed by atoms with E-state index in [2.05, 4.69) is 0 Å². The molecule has 0 aromatic heterocycles. The zero-order valence-corrected chi connectivity index (χ0v) is 7.08. The van der Waals surface area contributed by atoms with Crippen LogP contribution in [-0.4, -0.2) is 42.1 Å². The average Bonchev–Trinajstić information content (AvgIpc) is 2.18. The van der Waals surface area contributed by atoms with Crippen molar-refractivity contribution in [2.45, 2.75) is 19.4 Å². The number of hydrogen-bond acceptors (Lipinski definition) is 3. The van der Waals surface area contributed by atoms with Gasteiger partial charge in [0.1, 0.15) is 0 Å². The number of amides is 1. The summed E-state index contributed by atoms with van der Waals surface area (Å²) in [5, 5.41) is 3.64. The van der Waals surface area contributed by atoms with E-state index < -0.39 is 0 Å². The first-order chi connectivity index (χ1) is 5.11. The summed E-state index contributed by atoms with van der Waals surface area (Å²) in [5.41, 5.74) is 5.58. The van der Waals surface area contributed by atoms with Crippen molar-refractivity contribution in [2.75, 3.05) is 20.1 Å². The van der Waals surface area contributed by atoms with Crippen molar-refractivity contribution in [2.24, 2.45) is 5.73 Å². The van der Waals surface area contributed by atoms with Crippen LogP contribution in [0, 0.1) is 0 Å². The predicted octanol–water partition coefficient (Wildman–Crippen LogP) is -0.587. The van der Waals surface area contributed by atoms with Gasteiger partial charge in [-0.1, -0.05) is 0 Å². The molecule has 0 bridgehead atoms. The number of carbonyl (C=O) groups excluding carboxylic acids is 1. The Morgan fingerprint density at radius 3 is 2.73 bits per heavy atom. The van der Waals surface area contributed by atoms with Crippen LogP contribution in [0.15, 0.2) is 0 Å². The molecule has 4 nitrogen and oxygen atoms in total. The number of nitrogens with two attached hydrogens (primary N) is 1. The summed E-state index contributed by atoms with van der Waals surface area (Å²) in [6.45, 7) is 3.36. The largest absolute Gasteiger partial charge is 0.326 e. The van der Waals surface area contributed by atoms with E-state index in [9.17, 15) is 4.79 Å². The number of hydrazine groups is 1. The Morgan fingerprint density at radius 2 is 2.36 bits per heavy atom. The Hall–Kier alpha value is -0.610. The van der Waals surface area contributed by atoms with Crippen LogP contribution in [0.5, 0.6) is 0 Å². The molecule has 1 saturated heterocycles. The van der Waals surface area contributed by atoms with Crippen LogP contribution in [0.1, 0.15) is 13.3 Å². The molecule has 0 spiro atoms. The summed E-state index contributed by atoms with van der Waals surface area (Å²) in [5.74, 6) is 0.185. The fourth-order valence-electron chi connectivity index (χ4n) is 1.21. The summed E-state index contributed by atoms with van der Waals surface area (Å²) >= 11 is 0. The molecule has 0 saturated carbocycles. The lowest BCUT2D eigenvalue weighted by Gasteiger charge is -2.25. The first-order valence-corrected chi connectivity index (χ1v) is 3.88. The molecule has 1 amide bonds. The van der Waals surface area contributed by atoms with E-state index in [1.54, 1.807) is 5.01 Å². The third kappa shape index (κ3) is 1.91. The van der Waals surface area contributed by atoms with Gasteiger partial charge in [-0.25, -0.2) is 5.01 Å². The van der Waals surface area contributed by atoms with Gasteiger partial charge in [-0.2, -0.15) is 0 Å². The average molecular weight is 157 g/mol. The maximum atomic E-state index is 11.1. The van der Waals surface area contributed by atoms with E-state index in [4.69, 9.17) is 5.73 Å². The Balaban J connectivity index is 2.48.